The van der Waals surface area contributed by atoms with Gasteiger partial charge in [-0.25, -0.2) is 9.78 Å². The van der Waals surface area contributed by atoms with E-state index in [4.69, 9.17) is 5.73 Å². The molecule has 0 radical (unpaired) electrons. The molecule has 0 spiro atoms. The summed E-state index contributed by atoms with van der Waals surface area (Å²) in [5, 5.41) is 0. The summed E-state index contributed by atoms with van der Waals surface area (Å²) < 4.78 is 0. The standard InChI is InChI=1S/C6H7N5O/c7-1-3-4-5(9-2-8-4)11-6(12)10-3/h2H,1,7H2,(H2,8,9,10,11,12). The van der Waals surface area contributed by atoms with E-state index in [9.17, 15) is 4.79 Å². The molecule has 62 valence electrons. The fourth-order valence-electron chi connectivity index (χ4n) is 1.06. The number of H-pyrrole nitrogens is 2. The molecule has 0 aliphatic carbocycles. The molecule has 4 N–H and O–H groups in total. The van der Waals surface area contributed by atoms with Crippen molar-refractivity contribution in [1.82, 2.24) is 19.9 Å². The molecular weight excluding hydrogens is 158 g/mol. The van der Waals surface area contributed by atoms with Crippen LogP contribution in [0.15, 0.2) is 11.1 Å². The third kappa shape index (κ3) is 0.892. The fraction of sp³-hybridized carbons (Fsp3) is 0.167. The number of hydrogen-bond acceptors (Lipinski definition) is 4. The average Bonchev–Trinajstić information content (AvgIpc) is 2.50. The summed E-state index contributed by atoms with van der Waals surface area (Å²) in [6.07, 6.45) is 1.48. The van der Waals surface area contributed by atoms with E-state index >= 15 is 0 Å². The summed E-state index contributed by atoms with van der Waals surface area (Å²) in [4.78, 5) is 23.7. The van der Waals surface area contributed by atoms with Gasteiger partial charge in [-0.15, -0.1) is 0 Å². The Labute approximate surface area is 66.8 Å². The van der Waals surface area contributed by atoms with Gasteiger partial charge in [-0.1, -0.05) is 0 Å². The first-order valence-electron chi connectivity index (χ1n) is 3.43. The van der Waals surface area contributed by atoms with Gasteiger partial charge in [0.1, 0.15) is 5.52 Å². The lowest BCUT2D eigenvalue weighted by atomic mass is 10.4. The number of imidazole rings is 1. The molecule has 2 heterocycles. The third-order valence-electron chi connectivity index (χ3n) is 1.59. The highest BCUT2D eigenvalue weighted by Crippen LogP contribution is 2.05. The smallest absolute Gasteiger partial charge is 0.342 e. The summed E-state index contributed by atoms with van der Waals surface area (Å²) in [6, 6.07) is 0. The molecule has 0 fully saturated rings. The second-order valence-corrected chi connectivity index (χ2v) is 2.33. The quantitative estimate of drug-likeness (QED) is 0.510. The monoisotopic (exact) mass is 165 g/mol. The van der Waals surface area contributed by atoms with Crippen molar-refractivity contribution < 1.29 is 0 Å². The van der Waals surface area contributed by atoms with Gasteiger partial charge < -0.3 is 15.7 Å². The van der Waals surface area contributed by atoms with E-state index in [1.165, 1.54) is 6.33 Å². The van der Waals surface area contributed by atoms with Crippen molar-refractivity contribution in [2.24, 2.45) is 5.73 Å². The van der Waals surface area contributed by atoms with Crippen molar-refractivity contribution in [2.75, 3.05) is 0 Å². The molecule has 2 rings (SSSR count). The molecule has 0 unspecified atom stereocenters. The molecule has 0 bridgehead atoms. The van der Waals surface area contributed by atoms with Crippen LogP contribution in [0.2, 0.25) is 0 Å². The number of nitrogens with one attached hydrogen (secondary N) is 2. The van der Waals surface area contributed by atoms with Gasteiger partial charge in [0.2, 0.25) is 0 Å². The van der Waals surface area contributed by atoms with Crippen molar-refractivity contribution in [3.05, 3.63) is 22.5 Å². The average molecular weight is 165 g/mol. The Bertz CT molecular complexity index is 456. The Hall–Kier alpha value is -1.69. The second kappa shape index (κ2) is 2.42. The van der Waals surface area contributed by atoms with E-state index < -0.39 is 5.69 Å². The highest BCUT2D eigenvalue weighted by Gasteiger charge is 2.03. The summed E-state index contributed by atoms with van der Waals surface area (Å²) in [5.41, 5.74) is 6.70. The minimum Gasteiger partial charge on any atom is -0.342 e. The molecule has 0 saturated carbocycles. The van der Waals surface area contributed by atoms with Gasteiger partial charge in [0, 0.05) is 6.54 Å². The maximum atomic E-state index is 10.9. The third-order valence-corrected chi connectivity index (χ3v) is 1.59. The molecule has 0 aromatic carbocycles. The zero-order chi connectivity index (χ0) is 8.55. The number of aromatic amines is 2. The number of nitrogens with two attached hydrogens (primary N) is 1. The molecule has 0 aliphatic heterocycles. The van der Waals surface area contributed by atoms with Crippen LogP contribution in [0.3, 0.4) is 0 Å². The Morgan fingerprint density at radius 3 is 3.17 bits per heavy atom. The van der Waals surface area contributed by atoms with E-state index in [0.717, 1.165) is 0 Å². The van der Waals surface area contributed by atoms with Gasteiger partial charge in [-0.05, 0) is 0 Å². The summed E-state index contributed by atoms with van der Waals surface area (Å²) in [5.74, 6) is 0. The Morgan fingerprint density at radius 1 is 1.58 bits per heavy atom. The van der Waals surface area contributed by atoms with Crippen LogP contribution in [-0.2, 0) is 6.54 Å². The first-order chi connectivity index (χ1) is 5.81. The number of aromatic nitrogens is 4. The predicted molar refractivity (Wildman–Crippen MR) is 42.4 cm³/mol. The number of hydrogen-bond donors (Lipinski definition) is 3. The number of fused-ring (bicyclic) bond motifs is 1. The molecule has 6 nitrogen and oxygen atoms in total. The summed E-state index contributed by atoms with van der Waals surface area (Å²) >= 11 is 0. The zero-order valence-electron chi connectivity index (χ0n) is 6.16. The lowest BCUT2D eigenvalue weighted by molar-refractivity contribution is 0.953. The van der Waals surface area contributed by atoms with Crippen LogP contribution in [0.4, 0.5) is 0 Å². The number of rotatable bonds is 1. The van der Waals surface area contributed by atoms with Crippen LogP contribution < -0.4 is 11.4 Å². The zero-order valence-corrected chi connectivity index (χ0v) is 6.16. The maximum Gasteiger partial charge on any atom is 0.347 e. The molecule has 2 aromatic heterocycles. The highest BCUT2D eigenvalue weighted by molar-refractivity contribution is 5.71. The number of nitrogens with zero attached hydrogens (tertiary/aromatic N) is 2. The van der Waals surface area contributed by atoms with Crippen LogP contribution in [0.25, 0.3) is 11.2 Å². The van der Waals surface area contributed by atoms with Gasteiger partial charge in [0.05, 0.1) is 12.0 Å². The summed E-state index contributed by atoms with van der Waals surface area (Å²) in [7, 11) is 0. The first kappa shape index (κ1) is 6.99. The van der Waals surface area contributed by atoms with Crippen LogP contribution in [0, 0.1) is 0 Å². The van der Waals surface area contributed by atoms with Crippen molar-refractivity contribution in [2.45, 2.75) is 6.54 Å². The van der Waals surface area contributed by atoms with Crippen molar-refractivity contribution >= 4 is 11.2 Å². The molecule has 0 aliphatic rings. The minimum atomic E-state index is -0.421. The molecule has 2 aromatic rings. The second-order valence-electron chi connectivity index (χ2n) is 2.33. The highest BCUT2D eigenvalue weighted by atomic mass is 16.1. The van der Waals surface area contributed by atoms with Crippen LogP contribution >= 0.6 is 0 Å². The van der Waals surface area contributed by atoms with E-state index in [2.05, 4.69) is 19.9 Å². The Kier molecular flexibility index (Phi) is 1.41. The predicted octanol–water partition coefficient (Wildman–Crippen LogP) is -0.895. The van der Waals surface area contributed by atoms with Gasteiger partial charge in [-0.3, -0.25) is 0 Å². The van der Waals surface area contributed by atoms with Crippen molar-refractivity contribution in [3.63, 3.8) is 0 Å². The lowest BCUT2D eigenvalue weighted by Crippen LogP contribution is -2.15. The van der Waals surface area contributed by atoms with Gasteiger partial charge in [0.25, 0.3) is 0 Å². The molecule has 0 amide bonds. The van der Waals surface area contributed by atoms with Gasteiger partial charge in [0.15, 0.2) is 5.65 Å². The van der Waals surface area contributed by atoms with E-state index in [-0.39, 0.29) is 6.54 Å². The lowest BCUT2D eigenvalue weighted by Gasteiger charge is -1.95. The largest absolute Gasteiger partial charge is 0.347 e. The minimum absolute atomic E-state index is 0.260. The SMILES string of the molecule is NCc1[nH]c(=O)nc2nc[nH]c12. The molecule has 0 atom stereocenters. The molecular formula is C6H7N5O. The van der Waals surface area contributed by atoms with E-state index in [0.29, 0.717) is 16.9 Å². The fourth-order valence-corrected chi connectivity index (χ4v) is 1.06. The molecule has 6 heteroatoms. The van der Waals surface area contributed by atoms with Gasteiger partial charge >= 0.3 is 5.69 Å². The van der Waals surface area contributed by atoms with Crippen LogP contribution in [0.1, 0.15) is 5.69 Å². The Morgan fingerprint density at radius 2 is 2.42 bits per heavy atom. The first-order valence-corrected chi connectivity index (χ1v) is 3.43. The van der Waals surface area contributed by atoms with Crippen molar-refractivity contribution in [3.8, 4) is 0 Å². The van der Waals surface area contributed by atoms with Gasteiger partial charge in [-0.2, -0.15) is 4.98 Å². The van der Waals surface area contributed by atoms with E-state index in [1.54, 1.807) is 0 Å². The molecule has 12 heavy (non-hydrogen) atoms. The van der Waals surface area contributed by atoms with Crippen LogP contribution in [-0.4, -0.2) is 19.9 Å². The summed E-state index contributed by atoms with van der Waals surface area (Å²) in [6.45, 7) is 0.260. The van der Waals surface area contributed by atoms with E-state index in [1.807, 2.05) is 0 Å². The van der Waals surface area contributed by atoms with Crippen molar-refractivity contribution in [1.29, 1.82) is 0 Å². The Balaban J connectivity index is 2.89. The molecule has 0 saturated heterocycles. The topological polar surface area (TPSA) is 100 Å². The normalized spacial score (nSPS) is 10.8. The van der Waals surface area contributed by atoms with Crippen LogP contribution in [0.5, 0.6) is 0 Å². The maximum absolute atomic E-state index is 10.9.